The summed E-state index contributed by atoms with van der Waals surface area (Å²) >= 11 is 12.7. The number of nitrogens with one attached hydrogen (secondary N) is 1. The fourth-order valence-corrected chi connectivity index (χ4v) is 5.87. The number of rotatable bonds is 17. The maximum Gasteiger partial charge on any atom is 0.247 e. The van der Waals surface area contributed by atoms with Crippen LogP contribution in [0, 0.1) is 0 Å². The van der Waals surface area contributed by atoms with Gasteiger partial charge in [0, 0.05) is 5.57 Å². The molecule has 4 rings (SSSR count). The third-order valence-electron chi connectivity index (χ3n) is 7.27. The lowest BCUT2D eigenvalue weighted by atomic mass is 9.83. The molecule has 0 aromatic heterocycles. The van der Waals surface area contributed by atoms with Crippen molar-refractivity contribution in [2.45, 2.75) is 102 Å². The number of amides is 1. The van der Waals surface area contributed by atoms with Crippen molar-refractivity contribution in [1.29, 1.82) is 13.6 Å². The van der Waals surface area contributed by atoms with E-state index < -0.39 is 82.6 Å². The van der Waals surface area contributed by atoms with Crippen LogP contribution in [0.5, 0.6) is 5.75 Å². The zero-order valence-electron chi connectivity index (χ0n) is 39.5. The number of ether oxygens (including phenoxy) is 4. The van der Waals surface area contributed by atoms with Crippen molar-refractivity contribution in [3.05, 3.63) is 47.1 Å². The summed E-state index contributed by atoms with van der Waals surface area (Å²) in [7, 11) is -2.23. The molecule has 3 aliphatic rings. The Labute approximate surface area is 347 Å². The van der Waals surface area contributed by atoms with Crippen LogP contribution in [0.3, 0.4) is 0 Å². The summed E-state index contributed by atoms with van der Waals surface area (Å²) in [6, 6.07) is 5.75. The average Bonchev–Trinajstić information content (AvgIpc) is 3.79. The highest BCUT2D eigenvalue weighted by Crippen LogP contribution is 2.34. The van der Waals surface area contributed by atoms with E-state index >= 15 is 0 Å². The fraction of sp³-hybridized carbons (Fsp3) is 0.633. The van der Waals surface area contributed by atoms with Gasteiger partial charge in [-0.25, -0.2) is 37.4 Å². The number of carbonyl (C=O) groups excluding carboxylic acids is 1. The first-order valence-electron chi connectivity index (χ1n) is 21.2. The van der Waals surface area contributed by atoms with E-state index in [4.69, 9.17) is 56.3 Å². The predicted octanol–water partition coefficient (Wildman–Crippen LogP) is 0.678. The Morgan fingerprint density at radius 2 is 1.61 bits per heavy atom. The summed E-state index contributed by atoms with van der Waals surface area (Å²) in [5, 5.41) is 17.5. The first-order valence-corrected chi connectivity index (χ1v) is 19.3. The highest BCUT2D eigenvalue weighted by molar-refractivity contribution is 8.07. The number of benzene rings is 1. The fourth-order valence-electron chi connectivity index (χ4n) is 4.96. The number of aliphatic hydroxyl groups is 3. The van der Waals surface area contributed by atoms with Gasteiger partial charge in [0.2, 0.25) is 16.5 Å². The molecule has 1 aromatic rings. The van der Waals surface area contributed by atoms with Crippen LogP contribution < -0.4 is 10.1 Å². The number of hydrogen-bond donors (Lipinski definition) is 7. The SMILES string of the molecule is [2H]B(C)S.[2H]B(C)S.[2H]B(C)S.[2H]B([3H])CSO[C@@H]1C(/C(C)=C/C)O[C@@H](Oc2ccc(/C=C(\C)C(=O)NC3[C@@H](OSCB([2H])[3H])[C@@H]4OCO[C@@H]4[C@H](O[3H])[C@H]3O[3H])cc2)[C@H]1O[3H]. The number of thiol groups is 3. The van der Waals surface area contributed by atoms with Crippen molar-refractivity contribution in [3.63, 3.8) is 0 Å². The van der Waals surface area contributed by atoms with Crippen LogP contribution in [0.4, 0.5) is 0 Å². The van der Waals surface area contributed by atoms with E-state index in [0.29, 0.717) is 16.9 Å². The molecule has 21 heteroatoms. The van der Waals surface area contributed by atoms with Crippen molar-refractivity contribution in [3.8, 4) is 5.75 Å². The van der Waals surface area contributed by atoms with Crippen molar-refractivity contribution in [2.75, 3.05) is 18.1 Å². The summed E-state index contributed by atoms with van der Waals surface area (Å²) in [5.74, 6) is -0.112. The summed E-state index contributed by atoms with van der Waals surface area (Å²) in [6.45, 7) is 9.61. The molecule has 1 amide bonds. The van der Waals surface area contributed by atoms with Crippen LogP contribution in [0.15, 0.2) is 41.5 Å². The Kier molecular flexibility index (Phi) is 18.2. The molecule has 2 saturated heterocycles. The van der Waals surface area contributed by atoms with Crippen molar-refractivity contribution < 1.29 is 47.4 Å². The van der Waals surface area contributed by atoms with Crippen molar-refractivity contribution in [2.24, 2.45) is 0 Å². The molecule has 0 bridgehead atoms. The average molecular weight is 818 g/mol. The van der Waals surface area contributed by atoms with Gasteiger partial charge in [-0.15, -0.1) is 0 Å². The standard InChI is InChI=1S/C27H39B2NO10S2.3CH5BS/c1-4-13(2)21-24(40-42-11-29)20(33)27(38-21)37-16-7-5-15(6-8-16)9-14(3)26(34)30-17-18(31)19(32)23-25(36-12-35-23)22(17)39-41-10-28;3*1-2-3/h4-9,17-25,27,31-33H,10-12,28-29H2,1-3H3,(H,30,34);3*2-3H,1H3/b13-4+,14-9+;;;/t17?,18-,19+,20-,21?,22+,23+,24-,25-,27+;;;/m0.../s1/i28TD,29TD,31T,32T,33T;3*2D. The number of aliphatic hydroxyl groups excluding tert-OH is 3. The molecule has 51 heavy (non-hydrogen) atoms. The molecule has 3 fully saturated rings. The number of allylic oxidation sites excluding steroid dienone is 1. The molecule has 1 aliphatic carbocycles. The third kappa shape index (κ3) is 15.4. The van der Waals surface area contributed by atoms with Crippen LogP contribution in [-0.4, -0.2) is 149 Å². The van der Waals surface area contributed by atoms with Crippen molar-refractivity contribution >= 4 is 109 Å². The minimum Gasteiger partial charge on any atom is -0.462 e. The van der Waals surface area contributed by atoms with E-state index in [1.807, 2.05) is 19.9 Å². The van der Waals surface area contributed by atoms with Crippen LogP contribution in [0.1, 0.15) is 26.3 Å². The highest BCUT2D eigenvalue weighted by atomic mass is 32.2. The van der Waals surface area contributed by atoms with Gasteiger partial charge in [-0.2, -0.15) is 0 Å². The number of fused-ring (bicyclic) bond motifs is 1. The summed E-state index contributed by atoms with van der Waals surface area (Å²) < 4.78 is 107. The molecule has 1 aromatic carbocycles. The van der Waals surface area contributed by atoms with E-state index in [0.717, 1.165) is 29.7 Å². The molecule has 10 atom stereocenters. The highest BCUT2D eigenvalue weighted by Gasteiger charge is 2.55. The quantitative estimate of drug-likeness (QED) is 0.0391. The Balaban J connectivity index is 0.00000137. The molecule has 0 spiro atoms. The van der Waals surface area contributed by atoms with Gasteiger partial charge in [-0.05, 0) is 94.9 Å². The van der Waals surface area contributed by atoms with E-state index in [-0.39, 0.29) is 37.7 Å². The minimum atomic E-state index is -1.16. The Hall–Kier alpha value is -0.275. The van der Waals surface area contributed by atoms with Gasteiger partial charge >= 0.3 is 0 Å². The van der Waals surface area contributed by atoms with Gasteiger partial charge in [0.25, 0.3) is 0 Å². The zero-order valence-corrected chi connectivity index (χ0v) is 33.8. The summed E-state index contributed by atoms with van der Waals surface area (Å²) in [4.78, 5) is 13.4. The van der Waals surface area contributed by atoms with Gasteiger partial charge in [0.1, 0.15) is 76.9 Å². The first-order chi connectivity index (χ1) is 28.7. The monoisotopic (exact) mass is 818 g/mol. The molecule has 2 unspecified atom stereocenters. The molecule has 2 heterocycles. The van der Waals surface area contributed by atoms with Crippen LogP contribution in [0.2, 0.25) is 20.5 Å². The second kappa shape index (κ2) is 27.3. The summed E-state index contributed by atoms with van der Waals surface area (Å²) in [5.41, 5.74) is 1.91. The van der Waals surface area contributed by atoms with Crippen LogP contribution in [0.25, 0.3) is 6.08 Å². The van der Waals surface area contributed by atoms with Gasteiger partial charge in [0.05, 0.1) is 6.04 Å². The topological polar surface area (TPSA) is 145 Å². The lowest BCUT2D eigenvalue weighted by Crippen LogP contribution is -2.67. The lowest BCUT2D eigenvalue weighted by Gasteiger charge is -2.43. The normalized spacial score (nSPS) is 32.3. The number of carbonyl (C=O) groups is 1. The second-order valence-electron chi connectivity index (χ2n) is 10.7. The predicted molar refractivity (Wildman–Crippen MR) is 231 cm³/mol. The first kappa shape index (κ1) is 34.0. The van der Waals surface area contributed by atoms with E-state index in [1.165, 1.54) is 0 Å². The van der Waals surface area contributed by atoms with Gasteiger partial charge < -0.3 is 48.0 Å². The molecule has 4 N–H and O–H groups in total. The Morgan fingerprint density at radius 1 is 1.04 bits per heavy atom. The maximum absolute atomic E-state index is 13.4. The van der Waals surface area contributed by atoms with E-state index in [1.54, 1.807) is 57.7 Å². The Bertz CT molecular complexity index is 1430. The minimum absolute atomic E-state index is 0.0196. The molecule has 0 radical (unpaired) electrons. The van der Waals surface area contributed by atoms with E-state index in [2.05, 4.69) is 42.8 Å². The molecule has 11 nitrogen and oxygen atoms in total. The third-order valence-corrected chi connectivity index (χ3v) is 8.25. The lowest BCUT2D eigenvalue weighted by molar-refractivity contribution is -0.147. The number of hydrogen-bond acceptors (Lipinski definition) is 15. The molecule has 2 aliphatic heterocycles. The largest absolute Gasteiger partial charge is 0.462 e. The van der Waals surface area contributed by atoms with Gasteiger partial charge in [-0.1, -0.05) is 38.7 Å². The Morgan fingerprint density at radius 3 is 2.16 bits per heavy atom. The van der Waals surface area contributed by atoms with Crippen LogP contribution >= 0.6 is 61.5 Å². The van der Waals surface area contributed by atoms with Crippen molar-refractivity contribution in [1.82, 2.24) is 5.32 Å². The smallest absolute Gasteiger partial charge is 0.247 e. The van der Waals surface area contributed by atoms with Gasteiger partial charge in [-0.3, -0.25) is 4.79 Å². The zero-order chi connectivity index (χ0) is 46.4. The molecule has 284 valence electrons. The molecule has 1 saturated carbocycles. The van der Waals surface area contributed by atoms with E-state index in [9.17, 15) is 4.79 Å². The summed E-state index contributed by atoms with van der Waals surface area (Å²) in [6.07, 6.45) is -4.43. The maximum atomic E-state index is 13.4. The van der Waals surface area contributed by atoms with Gasteiger partial charge in [0.15, 0.2) is 19.6 Å². The molecular formula is C30H54B5NO10S5. The second-order valence-corrected chi connectivity index (χ2v) is 13.8. The molecular weight excluding hydrogens is 749 g/mol. The van der Waals surface area contributed by atoms with Crippen LogP contribution in [-0.2, 0) is 27.4 Å².